The van der Waals surface area contributed by atoms with Crippen LogP contribution in [0.5, 0.6) is 0 Å². The number of nitrogens with one attached hydrogen (secondary N) is 1. The molecule has 0 atom stereocenters. The second kappa shape index (κ2) is 9.11. The van der Waals surface area contributed by atoms with Crippen LogP contribution in [0.3, 0.4) is 0 Å². The molecule has 1 N–H and O–H groups in total. The maximum atomic E-state index is 12.3. The number of benzene rings is 2. The third-order valence-corrected chi connectivity index (χ3v) is 3.92. The molecule has 0 aliphatic carbocycles. The second-order valence-corrected chi connectivity index (χ2v) is 5.81. The molecule has 0 saturated carbocycles. The molecule has 0 bridgehead atoms. The number of amides is 1. The van der Waals surface area contributed by atoms with Crippen LogP contribution in [0.15, 0.2) is 54.6 Å². The van der Waals surface area contributed by atoms with Crippen molar-refractivity contribution in [2.45, 2.75) is 33.4 Å². The van der Waals surface area contributed by atoms with E-state index in [1.165, 1.54) is 16.7 Å². The first-order valence-corrected chi connectivity index (χ1v) is 8.27. The molecule has 0 unspecified atom stereocenters. The number of hydrogen-bond acceptors (Lipinski definition) is 2. The zero-order valence-corrected chi connectivity index (χ0v) is 14.1. The molecule has 0 saturated heterocycles. The van der Waals surface area contributed by atoms with Crippen LogP contribution in [0.25, 0.3) is 0 Å². The summed E-state index contributed by atoms with van der Waals surface area (Å²) in [5, 5.41) is 3.35. The van der Waals surface area contributed by atoms with E-state index in [2.05, 4.69) is 48.6 Å². The molecule has 0 fully saturated rings. The lowest BCUT2D eigenvalue weighted by Crippen LogP contribution is -2.32. The van der Waals surface area contributed by atoms with Crippen LogP contribution in [-0.2, 0) is 17.9 Å². The van der Waals surface area contributed by atoms with Crippen molar-refractivity contribution in [3.63, 3.8) is 0 Å². The summed E-state index contributed by atoms with van der Waals surface area (Å²) < 4.78 is 0. The normalized spacial score (nSPS) is 10.5. The highest BCUT2D eigenvalue weighted by Gasteiger charge is 2.11. The van der Waals surface area contributed by atoms with E-state index in [1.54, 1.807) is 0 Å². The van der Waals surface area contributed by atoms with Gasteiger partial charge in [0.15, 0.2) is 0 Å². The summed E-state index contributed by atoms with van der Waals surface area (Å²) in [6.45, 7) is 7.05. The summed E-state index contributed by atoms with van der Waals surface area (Å²) in [7, 11) is 0. The Bertz CT molecular complexity index is 593. The number of aryl methyl sites for hydroxylation is 1. The van der Waals surface area contributed by atoms with Crippen molar-refractivity contribution in [2.24, 2.45) is 0 Å². The Balaban J connectivity index is 1.73. The molecule has 2 rings (SSSR count). The molecule has 0 aromatic heterocycles. The molecule has 3 heteroatoms. The van der Waals surface area contributed by atoms with E-state index >= 15 is 0 Å². The fourth-order valence-electron chi connectivity index (χ4n) is 2.47. The fourth-order valence-corrected chi connectivity index (χ4v) is 2.47. The third kappa shape index (κ3) is 5.87. The van der Waals surface area contributed by atoms with E-state index < -0.39 is 0 Å². The zero-order chi connectivity index (χ0) is 16.5. The van der Waals surface area contributed by atoms with Gasteiger partial charge in [-0.25, -0.2) is 0 Å². The standard InChI is InChI=1S/C20H26N2O/c1-3-22(16-19-7-5-4-6-8-19)20(23)13-14-21-15-18-11-9-17(2)10-12-18/h4-12,21H,3,13-16H2,1-2H3. The van der Waals surface area contributed by atoms with Gasteiger partial charge < -0.3 is 10.2 Å². The van der Waals surface area contributed by atoms with Crippen LogP contribution in [0, 0.1) is 6.92 Å². The van der Waals surface area contributed by atoms with Crippen molar-refractivity contribution in [3.8, 4) is 0 Å². The average Bonchev–Trinajstić information content (AvgIpc) is 2.59. The molecule has 122 valence electrons. The Morgan fingerprint density at radius 1 is 1.00 bits per heavy atom. The maximum Gasteiger partial charge on any atom is 0.224 e. The van der Waals surface area contributed by atoms with Gasteiger partial charge in [-0.05, 0) is 25.0 Å². The summed E-state index contributed by atoms with van der Waals surface area (Å²) >= 11 is 0. The SMILES string of the molecule is CCN(Cc1ccccc1)C(=O)CCNCc1ccc(C)cc1. The monoisotopic (exact) mass is 310 g/mol. The van der Waals surface area contributed by atoms with E-state index in [4.69, 9.17) is 0 Å². The van der Waals surface area contributed by atoms with Crippen molar-refractivity contribution in [2.75, 3.05) is 13.1 Å². The highest BCUT2D eigenvalue weighted by molar-refractivity contribution is 5.76. The van der Waals surface area contributed by atoms with Gasteiger partial charge in [-0.1, -0.05) is 60.2 Å². The number of rotatable bonds is 8. The summed E-state index contributed by atoms with van der Waals surface area (Å²) in [5.41, 5.74) is 3.69. The van der Waals surface area contributed by atoms with Gasteiger partial charge in [0.1, 0.15) is 0 Å². The fraction of sp³-hybridized carbons (Fsp3) is 0.350. The molecule has 2 aromatic rings. The van der Waals surface area contributed by atoms with Crippen molar-refractivity contribution < 1.29 is 4.79 Å². The minimum atomic E-state index is 0.202. The Morgan fingerprint density at radius 3 is 2.35 bits per heavy atom. The Hall–Kier alpha value is -2.13. The van der Waals surface area contributed by atoms with Gasteiger partial charge in [-0.15, -0.1) is 0 Å². The van der Waals surface area contributed by atoms with Crippen LogP contribution >= 0.6 is 0 Å². The summed E-state index contributed by atoms with van der Waals surface area (Å²) in [5.74, 6) is 0.202. The number of carbonyl (C=O) groups excluding carboxylic acids is 1. The first kappa shape index (κ1) is 17.2. The first-order valence-electron chi connectivity index (χ1n) is 8.27. The van der Waals surface area contributed by atoms with Crippen LogP contribution in [0.4, 0.5) is 0 Å². The summed E-state index contributed by atoms with van der Waals surface area (Å²) in [6.07, 6.45) is 0.534. The van der Waals surface area contributed by atoms with Crippen LogP contribution < -0.4 is 5.32 Å². The van der Waals surface area contributed by atoms with E-state index in [-0.39, 0.29) is 5.91 Å². The molecular weight excluding hydrogens is 284 g/mol. The van der Waals surface area contributed by atoms with Gasteiger partial charge in [0.2, 0.25) is 5.91 Å². The zero-order valence-electron chi connectivity index (χ0n) is 14.1. The molecule has 23 heavy (non-hydrogen) atoms. The minimum Gasteiger partial charge on any atom is -0.339 e. The number of hydrogen-bond donors (Lipinski definition) is 1. The third-order valence-electron chi connectivity index (χ3n) is 3.92. The lowest BCUT2D eigenvalue weighted by molar-refractivity contribution is -0.131. The molecular formula is C20H26N2O. The van der Waals surface area contributed by atoms with Crippen LogP contribution in [0.1, 0.15) is 30.0 Å². The van der Waals surface area contributed by atoms with E-state index in [0.717, 1.165) is 13.1 Å². The molecule has 3 nitrogen and oxygen atoms in total. The van der Waals surface area contributed by atoms with Gasteiger partial charge in [-0.3, -0.25) is 4.79 Å². The molecule has 0 aliphatic heterocycles. The molecule has 0 spiro atoms. The highest BCUT2D eigenvalue weighted by atomic mass is 16.2. The van der Waals surface area contributed by atoms with Crippen molar-refractivity contribution >= 4 is 5.91 Å². The predicted octanol–water partition coefficient (Wildman–Crippen LogP) is 3.52. The van der Waals surface area contributed by atoms with Gasteiger partial charge in [0, 0.05) is 32.6 Å². The Morgan fingerprint density at radius 2 is 1.70 bits per heavy atom. The lowest BCUT2D eigenvalue weighted by Gasteiger charge is -2.21. The first-order chi connectivity index (χ1) is 11.2. The smallest absolute Gasteiger partial charge is 0.224 e. The quantitative estimate of drug-likeness (QED) is 0.757. The maximum absolute atomic E-state index is 12.3. The van der Waals surface area contributed by atoms with Gasteiger partial charge in [-0.2, -0.15) is 0 Å². The summed E-state index contributed by atoms with van der Waals surface area (Å²) in [4.78, 5) is 14.2. The summed E-state index contributed by atoms with van der Waals surface area (Å²) in [6, 6.07) is 18.6. The molecule has 1 amide bonds. The van der Waals surface area contributed by atoms with Crippen molar-refractivity contribution in [1.29, 1.82) is 0 Å². The van der Waals surface area contributed by atoms with Gasteiger partial charge in [0.05, 0.1) is 0 Å². The lowest BCUT2D eigenvalue weighted by atomic mass is 10.1. The largest absolute Gasteiger partial charge is 0.339 e. The Labute approximate surface area is 139 Å². The molecule has 2 aromatic carbocycles. The Kier molecular flexibility index (Phi) is 6.82. The second-order valence-electron chi connectivity index (χ2n) is 5.81. The molecule has 0 heterocycles. The predicted molar refractivity (Wildman–Crippen MR) is 95.0 cm³/mol. The molecule has 0 radical (unpaired) electrons. The van der Waals surface area contributed by atoms with E-state index in [1.807, 2.05) is 30.0 Å². The van der Waals surface area contributed by atoms with Gasteiger partial charge >= 0.3 is 0 Å². The van der Waals surface area contributed by atoms with E-state index in [9.17, 15) is 4.79 Å². The highest BCUT2D eigenvalue weighted by Crippen LogP contribution is 2.06. The van der Waals surface area contributed by atoms with Crippen molar-refractivity contribution in [3.05, 3.63) is 71.3 Å². The van der Waals surface area contributed by atoms with Gasteiger partial charge in [0.25, 0.3) is 0 Å². The van der Waals surface area contributed by atoms with Crippen molar-refractivity contribution in [1.82, 2.24) is 10.2 Å². The molecule has 0 aliphatic rings. The van der Waals surface area contributed by atoms with Crippen LogP contribution in [-0.4, -0.2) is 23.9 Å². The topological polar surface area (TPSA) is 32.3 Å². The number of carbonyl (C=O) groups is 1. The van der Waals surface area contributed by atoms with E-state index in [0.29, 0.717) is 19.5 Å². The number of nitrogens with zero attached hydrogens (tertiary/aromatic N) is 1. The average molecular weight is 310 g/mol. The van der Waals surface area contributed by atoms with Crippen LogP contribution in [0.2, 0.25) is 0 Å². The minimum absolute atomic E-state index is 0.202.